The fourth-order valence-corrected chi connectivity index (χ4v) is 2.48. The van der Waals surface area contributed by atoms with Crippen LogP contribution in [0, 0.1) is 0 Å². The van der Waals surface area contributed by atoms with Gasteiger partial charge in [-0.05, 0) is 35.8 Å². The molecule has 0 aliphatic carbocycles. The van der Waals surface area contributed by atoms with Gasteiger partial charge in [-0.2, -0.15) is 13.2 Å². The number of anilines is 1. The quantitative estimate of drug-likeness (QED) is 0.745. The molecule has 2 aromatic rings. The van der Waals surface area contributed by atoms with Crippen molar-refractivity contribution in [2.45, 2.75) is 19.5 Å². The average molecular weight is 390 g/mol. The monoisotopic (exact) mass is 390 g/mol. The van der Waals surface area contributed by atoms with Crippen LogP contribution < -0.4 is 5.32 Å². The summed E-state index contributed by atoms with van der Waals surface area (Å²) < 4.78 is 38.9. The fraction of sp³-hybridized carbons (Fsp3) is 0.238. The number of halogens is 3. The number of likely N-dealkylation sites (N-methyl/N-ethyl adjacent to an activating group) is 1. The van der Waals surface area contributed by atoms with E-state index in [0.29, 0.717) is 0 Å². The number of para-hydroxylation sites is 1. The molecule has 0 saturated carbocycles. The predicted molar refractivity (Wildman–Crippen MR) is 103 cm³/mol. The Morgan fingerprint density at radius 2 is 1.71 bits per heavy atom. The Morgan fingerprint density at radius 1 is 1.07 bits per heavy atom. The standard InChI is InChI=1S/C21H21F3N2O2/c1-3-15-8-10-16(11-9-15)12-13-20(28)26(2)14-19(27)25-18-7-5-4-6-17(18)21(22,23)24/h4-13H,3,14H2,1-2H3,(H,25,27)/b13-12+. The number of benzene rings is 2. The molecule has 0 atom stereocenters. The normalized spacial score (nSPS) is 11.5. The summed E-state index contributed by atoms with van der Waals surface area (Å²) in [6, 6.07) is 12.4. The summed E-state index contributed by atoms with van der Waals surface area (Å²) in [7, 11) is 1.40. The van der Waals surface area contributed by atoms with Crippen LogP contribution in [0.5, 0.6) is 0 Å². The van der Waals surface area contributed by atoms with E-state index in [9.17, 15) is 22.8 Å². The zero-order chi connectivity index (χ0) is 20.7. The third-order valence-electron chi connectivity index (χ3n) is 4.07. The Bertz CT molecular complexity index is 859. The Hall–Kier alpha value is -3.09. The summed E-state index contributed by atoms with van der Waals surface area (Å²) in [6.07, 6.45) is -0.729. The molecule has 148 valence electrons. The molecule has 0 radical (unpaired) electrons. The summed E-state index contributed by atoms with van der Waals surface area (Å²) in [6.45, 7) is 1.67. The van der Waals surface area contributed by atoms with Crippen LogP contribution in [0.3, 0.4) is 0 Å². The molecule has 0 aromatic heterocycles. The van der Waals surface area contributed by atoms with Crippen LogP contribution in [0.1, 0.15) is 23.6 Å². The number of alkyl halides is 3. The molecule has 0 unspecified atom stereocenters. The van der Waals surface area contributed by atoms with E-state index in [4.69, 9.17) is 0 Å². The van der Waals surface area contributed by atoms with Gasteiger partial charge in [0.2, 0.25) is 11.8 Å². The summed E-state index contributed by atoms with van der Waals surface area (Å²) in [5.41, 5.74) is 0.735. The lowest BCUT2D eigenvalue weighted by Gasteiger charge is -2.17. The predicted octanol–water partition coefficient (Wildman–Crippen LogP) is 4.38. The van der Waals surface area contributed by atoms with E-state index in [2.05, 4.69) is 5.32 Å². The van der Waals surface area contributed by atoms with Crippen LogP contribution in [-0.2, 0) is 22.2 Å². The van der Waals surface area contributed by atoms with E-state index in [1.165, 1.54) is 36.9 Å². The van der Waals surface area contributed by atoms with Crippen molar-refractivity contribution in [1.29, 1.82) is 0 Å². The molecule has 2 rings (SSSR count). The van der Waals surface area contributed by atoms with Gasteiger partial charge in [0.1, 0.15) is 0 Å². The molecule has 1 N–H and O–H groups in total. The molecule has 4 nitrogen and oxygen atoms in total. The van der Waals surface area contributed by atoms with Crippen molar-refractivity contribution in [1.82, 2.24) is 4.90 Å². The zero-order valence-electron chi connectivity index (χ0n) is 15.6. The highest BCUT2D eigenvalue weighted by Gasteiger charge is 2.33. The van der Waals surface area contributed by atoms with E-state index < -0.39 is 23.6 Å². The Morgan fingerprint density at radius 3 is 2.32 bits per heavy atom. The summed E-state index contributed by atoms with van der Waals surface area (Å²) in [5, 5.41) is 2.21. The summed E-state index contributed by atoms with van der Waals surface area (Å²) in [5.74, 6) is -1.15. The molecule has 7 heteroatoms. The lowest BCUT2D eigenvalue weighted by atomic mass is 10.1. The molecule has 28 heavy (non-hydrogen) atoms. The van der Waals surface area contributed by atoms with Crippen molar-refractivity contribution in [3.8, 4) is 0 Å². The Labute approximate surface area is 161 Å². The maximum absolute atomic E-state index is 13.0. The maximum atomic E-state index is 13.0. The second-order valence-corrected chi connectivity index (χ2v) is 6.21. The number of carbonyl (C=O) groups is 2. The number of amides is 2. The first-order valence-corrected chi connectivity index (χ1v) is 8.69. The van der Waals surface area contributed by atoms with E-state index in [1.807, 2.05) is 31.2 Å². The van der Waals surface area contributed by atoms with Gasteiger partial charge in [0, 0.05) is 13.1 Å². The van der Waals surface area contributed by atoms with Crippen molar-refractivity contribution in [2.75, 3.05) is 18.9 Å². The third kappa shape index (κ3) is 5.97. The molecular formula is C21H21F3N2O2. The Balaban J connectivity index is 1.96. The second-order valence-electron chi connectivity index (χ2n) is 6.21. The van der Waals surface area contributed by atoms with Crippen molar-refractivity contribution < 1.29 is 22.8 Å². The first-order valence-electron chi connectivity index (χ1n) is 8.69. The van der Waals surface area contributed by atoms with E-state index in [1.54, 1.807) is 6.08 Å². The zero-order valence-corrected chi connectivity index (χ0v) is 15.6. The lowest BCUT2D eigenvalue weighted by molar-refractivity contribution is -0.137. The minimum absolute atomic E-state index is 0.340. The van der Waals surface area contributed by atoms with E-state index in [0.717, 1.165) is 23.0 Å². The fourth-order valence-electron chi connectivity index (χ4n) is 2.48. The molecule has 2 amide bonds. The third-order valence-corrected chi connectivity index (χ3v) is 4.07. The molecule has 0 spiro atoms. The van der Waals surface area contributed by atoms with Gasteiger partial charge in [0.05, 0.1) is 17.8 Å². The van der Waals surface area contributed by atoms with Crippen LogP contribution in [-0.4, -0.2) is 30.3 Å². The number of rotatable bonds is 6. The van der Waals surface area contributed by atoms with Crippen LogP contribution in [0.25, 0.3) is 6.08 Å². The Kier molecular flexibility index (Phi) is 6.98. The van der Waals surface area contributed by atoms with Gasteiger partial charge in [-0.15, -0.1) is 0 Å². The van der Waals surface area contributed by atoms with E-state index >= 15 is 0 Å². The van der Waals surface area contributed by atoms with E-state index in [-0.39, 0.29) is 12.2 Å². The van der Waals surface area contributed by atoms with Gasteiger partial charge in [0.15, 0.2) is 0 Å². The first-order chi connectivity index (χ1) is 13.2. The second kappa shape index (κ2) is 9.21. The van der Waals surface area contributed by atoms with Crippen molar-refractivity contribution in [2.24, 2.45) is 0 Å². The molecule has 0 aliphatic rings. The van der Waals surface area contributed by atoms with Gasteiger partial charge in [-0.3, -0.25) is 9.59 Å². The molecule has 0 fully saturated rings. The maximum Gasteiger partial charge on any atom is 0.418 e. The molecule has 0 aliphatic heterocycles. The minimum Gasteiger partial charge on any atom is -0.333 e. The number of nitrogens with zero attached hydrogens (tertiary/aromatic N) is 1. The van der Waals surface area contributed by atoms with Crippen molar-refractivity contribution in [3.63, 3.8) is 0 Å². The average Bonchev–Trinajstić information content (AvgIpc) is 2.65. The van der Waals surface area contributed by atoms with Gasteiger partial charge in [0.25, 0.3) is 0 Å². The highest BCUT2D eigenvalue weighted by molar-refractivity contribution is 5.98. The molecular weight excluding hydrogens is 369 g/mol. The van der Waals surface area contributed by atoms with Gasteiger partial charge < -0.3 is 10.2 Å². The van der Waals surface area contributed by atoms with Crippen molar-refractivity contribution in [3.05, 3.63) is 71.3 Å². The number of hydrogen-bond acceptors (Lipinski definition) is 2. The first kappa shape index (κ1) is 21.2. The molecule has 0 heterocycles. The SMILES string of the molecule is CCc1ccc(/C=C/C(=O)N(C)CC(=O)Nc2ccccc2C(F)(F)F)cc1. The lowest BCUT2D eigenvalue weighted by Crippen LogP contribution is -2.34. The number of carbonyl (C=O) groups excluding carboxylic acids is 2. The van der Waals surface area contributed by atoms with Gasteiger partial charge in [-0.1, -0.05) is 43.3 Å². The smallest absolute Gasteiger partial charge is 0.333 e. The molecule has 0 saturated heterocycles. The number of hydrogen-bond donors (Lipinski definition) is 1. The van der Waals surface area contributed by atoms with Crippen LogP contribution in [0.4, 0.5) is 18.9 Å². The van der Waals surface area contributed by atoms with Gasteiger partial charge in [-0.25, -0.2) is 0 Å². The molecule has 2 aromatic carbocycles. The highest BCUT2D eigenvalue weighted by atomic mass is 19.4. The summed E-state index contributed by atoms with van der Waals surface area (Å²) >= 11 is 0. The number of aryl methyl sites for hydroxylation is 1. The largest absolute Gasteiger partial charge is 0.418 e. The van der Waals surface area contributed by atoms with Crippen LogP contribution in [0.15, 0.2) is 54.6 Å². The van der Waals surface area contributed by atoms with Crippen LogP contribution in [0.2, 0.25) is 0 Å². The topological polar surface area (TPSA) is 49.4 Å². The van der Waals surface area contributed by atoms with Crippen molar-refractivity contribution >= 4 is 23.6 Å². The van der Waals surface area contributed by atoms with Gasteiger partial charge >= 0.3 is 6.18 Å². The number of nitrogens with one attached hydrogen (secondary N) is 1. The molecule has 0 bridgehead atoms. The highest BCUT2D eigenvalue weighted by Crippen LogP contribution is 2.34. The summed E-state index contributed by atoms with van der Waals surface area (Å²) in [4.78, 5) is 25.3. The van der Waals surface area contributed by atoms with Crippen LogP contribution >= 0.6 is 0 Å². The minimum atomic E-state index is -4.58.